The van der Waals surface area contributed by atoms with Crippen molar-refractivity contribution in [2.75, 3.05) is 16.8 Å². The number of nitrogens with zero attached hydrogens (tertiary/aromatic N) is 4. The van der Waals surface area contributed by atoms with E-state index in [1.54, 1.807) is 71.2 Å². The molecule has 4 aromatic rings. The molecule has 0 fully saturated rings. The normalized spacial score (nSPS) is 18.4. The number of rotatable bonds is 8. The molecule has 2 amide bonds. The second kappa shape index (κ2) is 10.6. The van der Waals surface area contributed by atoms with Crippen LogP contribution in [0.5, 0.6) is 11.5 Å². The topological polar surface area (TPSA) is 130 Å². The summed E-state index contributed by atoms with van der Waals surface area (Å²) in [6.45, 7) is 2.36. The molecule has 2 aliphatic heterocycles. The van der Waals surface area contributed by atoms with Crippen molar-refractivity contribution in [1.29, 1.82) is 0 Å². The largest absolute Gasteiger partial charge is 0.454 e. The van der Waals surface area contributed by atoms with Gasteiger partial charge in [0.2, 0.25) is 0 Å². The molecule has 2 aliphatic rings. The zero-order valence-corrected chi connectivity index (χ0v) is 22.4. The average molecular weight is 552 g/mol. The van der Waals surface area contributed by atoms with Gasteiger partial charge in [-0.05, 0) is 48.9 Å². The number of allylic oxidation sites excluding steroid dienone is 1. The van der Waals surface area contributed by atoms with Crippen molar-refractivity contribution >= 4 is 28.9 Å². The number of hydrogen-bond acceptors (Lipinski definition) is 7. The summed E-state index contributed by atoms with van der Waals surface area (Å²) in [7, 11) is 0. The van der Waals surface area contributed by atoms with Gasteiger partial charge in [0.05, 0.1) is 16.9 Å². The van der Waals surface area contributed by atoms with E-state index in [2.05, 4.69) is 15.6 Å². The highest BCUT2D eigenvalue weighted by atomic mass is 16.5. The number of amides is 2. The lowest BCUT2D eigenvalue weighted by Crippen LogP contribution is -2.39. The van der Waals surface area contributed by atoms with Crippen LogP contribution < -0.4 is 15.0 Å². The van der Waals surface area contributed by atoms with E-state index in [4.69, 9.17) is 9.84 Å². The SMILES string of the molecule is C[C@H](/C=C/CCn1cc(CCO)nn1)[C@@]1(O)C(=O)Nc2ccc(N3C(=O)c4ccccc4Oc4ccccc43)cc21. The van der Waals surface area contributed by atoms with Crippen LogP contribution in [0.15, 0.2) is 85.1 Å². The fourth-order valence-electron chi connectivity index (χ4n) is 5.28. The molecule has 208 valence electrons. The maximum atomic E-state index is 13.9. The number of aliphatic hydroxyl groups excluding tert-OH is 1. The number of aryl methyl sites for hydroxylation is 1. The highest BCUT2D eigenvalue weighted by molar-refractivity contribution is 6.14. The molecule has 0 saturated heterocycles. The lowest BCUT2D eigenvalue weighted by atomic mass is 9.82. The van der Waals surface area contributed by atoms with E-state index in [1.165, 1.54) is 0 Å². The molecule has 0 aliphatic carbocycles. The third-order valence-corrected chi connectivity index (χ3v) is 7.48. The quantitative estimate of drug-likeness (QED) is 0.278. The Morgan fingerprint density at radius 1 is 1.07 bits per heavy atom. The van der Waals surface area contributed by atoms with Crippen molar-refractivity contribution in [1.82, 2.24) is 15.0 Å². The van der Waals surface area contributed by atoms with Gasteiger partial charge in [0, 0.05) is 48.6 Å². The number of carbonyl (C=O) groups excluding carboxylic acids is 2. The Hall–Kier alpha value is -4.80. The van der Waals surface area contributed by atoms with E-state index >= 15 is 0 Å². The smallest absolute Gasteiger partial charge is 0.266 e. The van der Waals surface area contributed by atoms with Gasteiger partial charge in [0.15, 0.2) is 11.4 Å². The van der Waals surface area contributed by atoms with Gasteiger partial charge in [-0.3, -0.25) is 19.2 Å². The van der Waals surface area contributed by atoms with Crippen molar-refractivity contribution < 1.29 is 24.5 Å². The van der Waals surface area contributed by atoms with Gasteiger partial charge in [0.25, 0.3) is 11.8 Å². The van der Waals surface area contributed by atoms with Crippen LogP contribution in [0.1, 0.15) is 35.0 Å². The van der Waals surface area contributed by atoms with E-state index < -0.39 is 17.4 Å². The van der Waals surface area contributed by atoms with Crippen molar-refractivity contribution in [3.63, 3.8) is 0 Å². The van der Waals surface area contributed by atoms with Gasteiger partial charge in [0.1, 0.15) is 5.75 Å². The summed E-state index contributed by atoms with van der Waals surface area (Å²) >= 11 is 0. The lowest BCUT2D eigenvalue weighted by molar-refractivity contribution is -0.137. The van der Waals surface area contributed by atoms with Gasteiger partial charge >= 0.3 is 0 Å². The van der Waals surface area contributed by atoms with E-state index in [1.807, 2.05) is 30.4 Å². The molecule has 10 heteroatoms. The molecule has 1 aromatic heterocycles. The number of anilines is 3. The van der Waals surface area contributed by atoms with Crippen LogP contribution in [0.2, 0.25) is 0 Å². The van der Waals surface area contributed by atoms with Gasteiger partial charge < -0.3 is 20.3 Å². The monoisotopic (exact) mass is 551 g/mol. The fraction of sp³-hybridized carbons (Fsp3) is 0.226. The standard InChI is InChI=1S/C31H29N5O5/c1-20(8-6-7-16-35-19-21(15-17-37)33-34-35)31(40)24-18-22(13-14-25(24)32-30(31)39)36-26-10-3-5-12-28(26)41-27-11-4-2-9-23(27)29(36)38/h2-6,8-14,18-20,37,40H,7,15-17H2,1H3,(H,32,39)/b8-6+/t20-,31+/m1/s1. The van der Waals surface area contributed by atoms with Crippen LogP contribution in [0.4, 0.5) is 17.1 Å². The van der Waals surface area contributed by atoms with Crippen molar-refractivity contribution in [2.45, 2.75) is 31.9 Å². The molecule has 6 rings (SSSR count). The van der Waals surface area contributed by atoms with E-state index in [0.717, 1.165) is 5.69 Å². The Labute approximate surface area is 236 Å². The first kappa shape index (κ1) is 26.4. The van der Waals surface area contributed by atoms with Crippen LogP contribution in [-0.4, -0.2) is 43.6 Å². The molecule has 0 unspecified atom stereocenters. The molecule has 3 N–H and O–H groups in total. The van der Waals surface area contributed by atoms with Crippen molar-refractivity contribution in [2.24, 2.45) is 5.92 Å². The highest BCUT2D eigenvalue weighted by Crippen LogP contribution is 2.47. The second-order valence-corrected chi connectivity index (χ2v) is 10.1. The average Bonchev–Trinajstić information content (AvgIpc) is 3.50. The number of para-hydroxylation sites is 3. The van der Waals surface area contributed by atoms with E-state index in [0.29, 0.717) is 59.1 Å². The summed E-state index contributed by atoms with van der Waals surface area (Å²) in [5.41, 5.74) is 1.22. The van der Waals surface area contributed by atoms with Crippen molar-refractivity contribution in [3.05, 3.63) is 102 Å². The Kier molecular flexibility index (Phi) is 6.86. The summed E-state index contributed by atoms with van der Waals surface area (Å²) < 4.78 is 7.80. The lowest BCUT2D eigenvalue weighted by Gasteiger charge is -2.28. The van der Waals surface area contributed by atoms with Gasteiger partial charge in [-0.2, -0.15) is 0 Å². The Balaban J connectivity index is 1.30. The molecule has 0 spiro atoms. The van der Waals surface area contributed by atoms with Crippen molar-refractivity contribution in [3.8, 4) is 11.5 Å². The molecule has 0 radical (unpaired) electrons. The molecule has 3 aromatic carbocycles. The predicted octanol–water partition coefficient (Wildman–Crippen LogP) is 4.32. The Morgan fingerprint density at radius 2 is 1.85 bits per heavy atom. The van der Waals surface area contributed by atoms with Gasteiger partial charge in [-0.25, -0.2) is 0 Å². The number of nitrogens with one attached hydrogen (secondary N) is 1. The van der Waals surface area contributed by atoms with Crippen LogP contribution in [0, 0.1) is 5.92 Å². The summed E-state index contributed by atoms with van der Waals surface area (Å²) in [5, 5.41) is 31.7. The minimum Gasteiger partial charge on any atom is -0.454 e. The Bertz CT molecular complexity index is 1660. The van der Waals surface area contributed by atoms with E-state index in [9.17, 15) is 14.7 Å². The molecule has 41 heavy (non-hydrogen) atoms. The molecule has 0 bridgehead atoms. The second-order valence-electron chi connectivity index (χ2n) is 10.1. The molecule has 10 nitrogen and oxygen atoms in total. The zero-order chi connectivity index (χ0) is 28.6. The molecular weight excluding hydrogens is 522 g/mol. The van der Waals surface area contributed by atoms with Crippen LogP contribution in [0.3, 0.4) is 0 Å². The number of carbonyl (C=O) groups is 2. The van der Waals surface area contributed by atoms with E-state index in [-0.39, 0.29) is 12.5 Å². The van der Waals surface area contributed by atoms with Crippen LogP contribution in [0.25, 0.3) is 0 Å². The van der Waals surface area contributed by atoms with Gasteiger partial charge in [-0.15, -0.1) is 5.10 Å². The van der Waals surface area contributed by atoms with Crippen LogP contribution in [-0.2, 0) is 23.4 Å². The molecule has 0 saturated carbocycles. The predicted molar refractivity (Wildman–Crippen MR) is 152 cm³/mol. The summed E-state index contributed by atoms with van der Waals surface area (Å²) in [6, 6.07) is 19.5. The number of benzene rings is 3. The third-order valence-electron chi connectivity index (χ3n) is 7.48. The minimum absolute atomic E-state index is 0.0133. The maximum Gasteiger partial charge on any atom is 0.266 e. The third kappa shape index (κ3) is 4.66. The molecular formula is C31H29N5O5. The van der Waals surface area contributed by atoms with Crippen LogP contribution >= 0.6 is 0 Å². The van der Waals surface area contributed by atoms with Gasteiger partial charge in [-0.1, -0.05) is 48.6 Å². The number of ether oxygens (including phenoxy) is 1. The molecule has 2 atom stereocenters. The first-order valence-electron chi connectivity index (χ1n) is 13.5. The Morgan fingerprint density at radius 3 is 2.68 bits per heavy atom. The first-order valence-corrected chi connectivity index (χ1v) is 13.5. The highest BCUT2D eigenvalue weighted by Gasteiger charge is 2.49. The number of hydrogen-bond donors (Lipinski definition) is 3. The summed E-state index contributed by atoms with van der Waals surface area (Å²) in [5.74, 6) is -0.410. The number of aromatic nitrogens is 3. The summed E-state index contributed by atoms with van der Waals surface area (Å²) in [6.07, 6.45) is 6.55. The first-order chi connectivity index (χ1) is 19.9. The number of aliphatic hydroxyl groups is 2. The zero-order valence-electron chi connectivity index (χ0n) is 22.4. The fourth-order valence-corrected chi connectivity index (χ4v) is 5.28. The molecule has 3 heterocycles. The summed E-state index contributed by atoms with van der Waals surface area (Å²) in [4.78, 5) is 28.5. The maximum absolute atomic E-state index is 13.9. The number of fused-ring (bicyclic) bond motifs is 3. The minimum atomic E-state index is -1.84.